The zero-order chi connectivity index (χ0) is 17.8. The fraction of sp³-hybridized carbons (Fsp3) is 0.158. The largest absolute Gasteiger partial charge is 0.282 e. The molecule has 6 nitrogen and oxygen atoms in total. The molecule has 0 aromatic carbocycles. The highest BCUT2D eigenvalue weighted by Gasteiger charge is 2.20. The molecule has 5 aromatic heterocycles. The van der Waals surface area contributed by atoms with Crippen LogP contribution in [-0.4, -0.2) is 29.1 Å². The van der Waals surface area contributed by atoms with Gasteiger partial charge in [0.25, 0.3) is 0 Å². The van der Waals surface area contributed by atoms with Gasteiger partial charge in [0.2, 0.25) is 0 Å². The Morgan fingerprint density at radius 3 is 2.65 bits per heavy atom. The highest BCUT2D eigenvalue weighted by molar-refractivity contribution is 7.13. The molecule has 26 heavy (non-hydrogen) atoms. The molecule has 0 aliphatic carbocycles. The Balaban J connectivity index is 1.86. The summed E-state index contributed by atoms with van der Waals surface area (Å²) in [4.78, 5) is 15.1. The van der Waals surface area contributed by atoms with Crippen molar-refractivity contribution in [3.05, 3.63) is 59.0 Å². The highest BCUT2D eigenvalue weighted by atomic mass is 32.1. The van der Waals surface area contributed by atoms with E-state index in [1.165, 1.54) is 0 Å². The fourth-order valence-electron chi connectivity index (χ4n) is 3.34. The van der Waals surface area contributed by atoms with Gasteiger partial charge in [-0.2, -0.15) is 0 Å². The lowest BCUT2D eigenvalue weighted by Gasteiger charge is -2.09. The van der Waals surface area contributed by atoms with Crippen LogP contribution in [0.15, 0.2) is 42.2 Å². The predicted octanol–water partition coefficient (Wildman–Crippen LogP) is 4.12. The number of nitrogens with zero attached hydrogens (tertiary/aromatic N) is 6. The second-order valence-electron chi connectivity index (χ2n) is 6.31. The van der Waals surface area contributed by atoms with Crippen LogP contribution in [0.2, 0.25) is 0 Å². The summed E-state index contributed by atoms with van der Waals surface area (Å²) in [5.74, 6) is 1.63. The van der Waals surface area contributed by atoms with Gasteiger partial charge in [0.15, 0.2) is 17.1 Å². The van der Waals surface area contributed by atoms with E-state index in [0.717, 1.165) is 50.0 Å². The number of hydrogen-bond acceptors (Lipinski definition) is 5. The number of rotatable bonds is 2. The average molecular weight is 360 g/mol. The number of aryl methyl sites for hydroxylation is 2. The topological polar surface area (TPSA) is 60.9 Å². The van der Waals surface area contributed by atoms with Crippen LogP contribution in [0.25, 0.3) is 33.2 Å². The Bertz CT molecular complexity index is 1260. The van der Waals surface area contributed by atoms with Crippen LogP contribution in [0.5, 0.6) is 0 Å². The molecule has 0 unspecified atom stereocenters. The second-order valence-corrected chi connectivity index (χ2v) is 7.26. The third-order valence-corrected chi connectivity index (χ3v) is 5.63. The van der Waals surface area contributed by atoms with Gasteiger partial charge in [-0.15, -0.1) is 16.4 Å². The summed E-state index contributed by atoms with van der Waals surface area (Å²) in [6, 6.07) is 8.05. The molecule has 128 valence electrons. The average Bonchev–Trinajstić information content (AvgIpc) is 3.35. The summed E-state index contributed by atoms with van der Waals surface area (Å²) in [6.07, 6.45) is 3.54. The molecule has 0 saturated carbocycles. The molecular weight excluding hydrogens is 344 g/mol. The number of thiophene rings is 1. The summed E-state index contributed by atoms with van der Waals surface area (Å²) >= 11 is 1.63. The molecule has 0 N–H and O–H groups in total. The van der Waals surface area contributed by atoms with Crippen LogP contribution in [0.3, 0.4) is 0 Å². The van der Waals surface area contributed by atoms with Crippen molar-refractivity contribution >= 4 is 28.0 Å². The molecule has 0 radical (unpaired) electrons. The first kappa shape index (κ1) is 15.2. The fourth-order valence-corrected chi connectivity index (χ4v) is 3.99. The van der Waals surface area contributed by atoms with E-state index in [-0.39, 0.29) is 0 Å². The van der Waals surface area contributed by atoms with Crippen molar-refractivity contribution in [3.63, 3.8) is 0 Å². The van der Waals surface area contributed by atoms with Crippen molar-refractivity contribution in [2.75, 3.05) is 0 Å². The third kappa shape index (κ3) is 2.04. The summed E-state index contributed by atoms with van der Waals surface area (Å²) in [6.45, 7) is 6.26. The molecule has 7 heteroatoms. The smallest absolute Gasteiger partial charge is 0.192 e. The van der Waals surface area contributed by atoms with Gasteiger partial charge in [-0.25, -0.2) is 19.5 Å². The van der Waals surface area contributed by atoms with Gasteiger partial charge >= 0.3 is 0 Å². The normalized spacial score (nSPS) is 11.7. The van der Waals surface area contributed by atoms with Crippen molar-refractivity contribution in [2.24, 2.45) is 0 Å². The predicted molar refractivity (Wildman–Crippen MR) is 103 cm³/mol. The highest BCUT2D eigenvalue weighted by Crippen LogP contribution is 2.31. The standard InChI is InChI=1S/C19H16N6S/c1-11-6-4-8-20-17(11)25-13(3)12(2)15-18(25)21-10-24-19(15)22-16(23-24)14-7-5-9-26-14/h4-10H,1-3H3. The van der Waals surface area contributed by atoms with Gasteiger partial charge in [0, 0.05) is 11.9 Å². The van der Waals surface area contributed by atoms with Gasteiger partial charge in [0.05, 0.1) is 10.3 Å². The minimum absolute atomic E-state index is 0.730. The van der Waals surface area contributed by atoms with E-state index in [9.17, 15) is 0 Å². The molecule has 0 saturated heterocycles. The van der Waals surface area contributed by atoms with Crippen molar-refractivity contribution in [1.82, 2.24) is 29.1 Å². The van der Waals surface area contributed by atoms with Gasteiger partial charge in [-0.05, 0) is 49.4 Å². The van der Waals surface area contributed by atoms with E-state index in [2.05, 4.69) is 46.5 Å². The molecule has 0 atom stereocenters. The summed E-state index contributed by atoms with van der Waals surface area (Å²) < 4.78 is 3.87. The molecule has 0 spiro atoms. The molecule has 0 bridgehead atoms. The minimum atomic E-state index is 0.730. The number of hydrogen-bond donors (Lipinski definition) is 0. The Morgan fingerprint density at radius 1 is 1.00 bits per heavy atom. The summed E-state index contributed by atoms with van der Waals surface area (Å²) in [7, 11) is 0. The lowest BCUT2D eigenvalue weighted by Crippen LogP contribution is -2.03. The Labute approximate surface area is 153 Å². The van der Waals surface area contributed by atoms with E-state index in [1.807, 2.05) is 29.8 Å². The number of aromatic nitrogens is 6. The molecular formula is C19H16N6S. The molecule has 0 amide bonds. The summed E-state index contributed by atoms with van der Waals surface area (Å²) in [5.41, 5.74) is 5.05. The van der Waals surface area contributed by atoms with E-state index >= 15 is 0 Å². The van der Waals surface area contributed by atoms with Gasteiger partial charge in [-0.1, -0.05) is 12.1 Å². The molecule has 5 heterocycles. The van der Waals surface area contributed by atoms with Gasteiger partial charge in [0.1, 0.15) is 12.1 Å². The molecule has 5 rings (SSSR count). The molecule has 0 aliphatic rings. The first-order valence-electron chi connectivity index (χ1n) is 8.34. The zero-order valence-corrected chi connectivity index (χ0v) is 15.4. The number of fused-ring (bicyclic) bond motifs is 3. The molecule has 0 aliphatic heterocycles. The Kier molecular flexibility index (Phi) is 3.20. The van der Waals surface area contributed by atoms with Crippen molar-refractivity contribution < 1.29 is 0 Å². The van der Waals surface area contributed by atoms with E-state index in [1.54, 1.807) is 22.2 Å². The molecule has 0 fully saturated rings. The summed E-state index contributed by atoms with van der Waals surface area (Å²) in [5, 5.41) is 7.66. The van der Waals surface area contributed by atoms with Gasteiger partial charge in [-0.3, -0.25) is 4.57 Å². The van der Waals surface area contributed by atoms with Crippen molar-refractivity contribution in [3.8, 4) is 16.5 Å². The van der Waals surface area contributed by atoms with Crippen molar-refractivity contribution in [1.29, 1.82) is 0 Å². The van der Waals surface area contributed by atoms with Crippen LogP contribution in [0.1, 0.15) is 16.8 Å². The number of pyridine rings is 1. The lowest BCUT2D eigenvalue weighted by molar-refractivity contribution is 0.916. The quantitative estimate of drug-likeness (QED) is 0.475. The minimum Gasteiger partial charge on any atom is -0.282 e. The van der Waals surface area contributed by atoms with Crippen molar-refractivity contribution in [2.45, 2.75) is 20.8 Å². The van der Waals surface area contributed by atoms with Crippen LogP contribution in [0, 0.1) is 20.8 Å². The maximum absolute atomic E-state index is 4.80. The van der Waals surface area contributed by atoms with E-state index < -0.39 is 0 Å². The van der Waals surface area contributed by atoms with Crippen LogP contribution in [0.4, 0.5) is 0 Å². The van der Waals surface area contributed by atoms with E-state index in [0.29, 0.717) is 0 Å². The maximum atomic E-state index is 4.80. The van der Waals surface area contributed by atoms with Crippen LogP contribution in [-0.2, 0) is 0 Å². The zero-order valence-electron chi connectivity index (χ0n) is 14.6. The second kappa shape index (κ2) is 5.47. The Morgan fingerprint density at radius 2 is 1.88 bits per heavy atom. The SMILES string of the molecule is Cc1cccnc1-n1c(C)c(C)c2c1ncn1nc(-c3cccs3)nc21. The third-order valence-electron chi connectivity index (χ3n) is 4.77. The monoisotopic (exact) mass is 360 g/mol. The van der Waals surface area contributed by atoms with Crippen LogP contribution < -0.4 is 0 Å². The first-order chi connectivity index (χ1) is 12.6. The molecule has 5 aromatic rings. The Hall–Kier alpha value is -3.06. The van der Waals surface area contributed by atoms with Crippen LogP contribution >= 0.6 is 11.3 Å². The maximum Gasteiger partial charge on any atom is 0.192 e. The van der Waals surface area contributed by atoms with Gasteiger partial charge < -0.3 is 0 Å². The first-order valence-corrected chi connectivity index (χ1v) is 9.22. The lowest BCUT2D eigenvalue weighted by atomic mass is 10.2. The van der Waals surface area contributed by atoms with E-state index in [4.69, 9.17) is 4.98 Å².